The minimum absolute atomic E-state index is 0.0991. The van der Waals surface area contributed by atoms with E-state index in [1.54, 1.807) is 6.08 Å². The lowest BCUT2D eigenvalue weighted by Gasteiger charge is -2.16. The number of rotatable bonds is 6. The van der Waals surface area contributed by atoms with Crippen LogP contribution in [0.5, 0.6) is 0 Å². The average Bonchev–Trinajstić information content (AvgIpc) is 2.45. The van der Waals surface area contributed by atoms with Gasteiger partial charge >= 0.3 is 5.97 Å². The molecule has 19 heavy (non-hydrogen) atoms. The molecule has 1 N–H and O–H groups in total. The Morgan fingerprint density at radius 1 is 1.32 bits per heavy atom. The molecule has 104 valence electrons. The standard InChI is InChI=1S/C15H18O2.C2H6/c1-3-8-12(4-2)14(11-15(16)17)13-9-6-5-7-10-13;1-2/h4-10,14H,2-3,11H2,1H3,(H,16,17);1-2H3/b12-8+;. The van der Waals surface area contributed by atoms with E-state index in [1.165, 1.54) is 0 Å². The molecule has 1 aromatic rings. The largest absolute Gasteiger partial charge is 0.481 e. The number of benzene rings is 1. The van der Waals surface area contributed by atoms with Gasteiger partial charge in [-0.15, -0.1) is 0 Å². The number of hydrogen-bond donors (Lipinski definition) is 1. The molecular formula is C17H24O2. The molecule has 0 aliphatic carbocycles. The van der Waals surface area contributed by atoms with Crippen LogP contribution in [0.3, 0.4) is 0 Å². The first-order chi connectivity index (χ1) is 9.19. The van der Waals surface area contributed by atoms with Crippen molar-refractivity contribution < 1.29 is 9.90 Å². The van der Waals surface area contributed by atoms with Crippen molar-refractivity contribution in [3.8, 4) is 0 Å². The monoisotopic (exact) mass is 260 g/mol. The second kappa shape index (κ2) is 10.1. The Bertz CT molecular complexity index is 405. The summed E-state index contributed by atoms with van der Waals surface area (Å²) in [7, 11) is 0. The highest BCUT2D eigenvalue weighted by atomic mass is 16.4. The lowest BCUT2D eigenvalue weighted by molar-refractivity contribution is -0.137. The van der Waals surface area contributed by atoms with E-state index >= 15 is 0 Å². The predicted octanol–water partition coefficient (Wildman–Crippen LogP) is 4.79. The highest BCUT2D eigenvalue weighted by Gasteiger charge is 2.17. The van der Waals surface area contributed by atoms with Gasteiger partial charge < -0.3 is 5.11 Å². The molecule has 1 rings (SSSR count). The molecule has 2 nitrogen and oxygen atoms in total. The first-order valence-corrected chi connectivity index (χ1v) is 6.78. The fourth-order valence-electron chi connectivity index (χ4n) is 1.89. The Morgan fingerprint density at radius 2 is 1.89 bits per heavy atom. The zero-order valence-corrected chi connectivity index (χ0v) is 12.1. The van der Waals surface area contributed by atoms with Gasteiger partial charge in [0.2, 0.25) is 0 Å². The Balaban J connectivity index is 0.00000154. The van der Waals surface area contributed by atoms with Gasteiger partial charge in [0.05, 0.1) is 6.42 Å². The maximum atomic E-state index is 10.9. The van der Waals surface area contributed by atoms with E-state index in [0.29, 0.717) is 0 Å². The molecule has 0 saturated heterocycles. The van der Waals surface area contributed by atoms with Crippen LogP contribution in [-0.2, 0) is 4.79 Å². The minimum Gasteiger partial charge on any atom is -0.481 e. The summed E-state index contributed by atoms with van der Waals surface area (Å²) in [6.07, 6.45) is 4.77. The quantitative estimate of drug-likeness (QED) is 0.746. The van der Waals surface area contributed by atoms with Gasteiger partial charge in [-0.1, -0.05) is 69.8 Å². The summed E-state index contributed by atoms with van der Waals surface area (Å²) in [4.78, 5) is 10.9. The molecule has 1 aromatic carbocycles. The molecule has 1 atom stereocenters. The summed E-state index contributed by atoms with van der Waals surface area (Å²) in [6.45, 7) is 9.81. The van der Waals surface area contributed by atoms with Gasteiger partial charge in [0, 0.05) is 5.92 Å². The van der Waals surface area contributed by atoms with Gasteiger partial charge in [-0.05, 0) is 17.6 Å². The molecule has 0 aliphatic rings. The van der Waals surface area contributed by atoms with E-state index < -0.39 is 5.97 Å². The highest BCUT2D eigenvalue weighted by molar-refractivity contribution is 5.69. The average molecular weight is 260 g/mol. The molecule has 0 spiro atoms. The SMILES string of the molecule is C=C/C(=C\CC)C(CC(=O)O)c1ccccc1.CC. The number of carboxylic acids is 1. The maximum Gasteiger partial charge on any atom is 0.304 e. The summed E-state index contributed by atoms with van der Waals surface area (Å²) < 4.78 is 0. The van der Waals surface area contributed by atoms with E-state index in [9.17, 15) is 4.79 Å². The van der Waals surface area contributed by atoms with E-state index in [0.717, 1.165) is 17.6 Å². The van der Waals surface area contributed by atoms with Crippen molar-refractivity contribution in [3.63, 3.8) is 0 Å². The molecule has 0 saturated carbocycles. The lowest BCUT2D eigenvalue weighted by Crippen LogP contribution is -2.08. The van der Waals surface area contributed by atoms with Crippen molar-refractivity contribution in [2.75, 3.05) is 0 Å². The molecule has 0 bridgehead atoms. The second-order valence-corrected chi connectivity index (χ2v) is 3.88. The molecule has 0 radical (unpaired) electrons. The zero-order chi connectivity index (χ0) is 14.7. The maximum absolute atomic E-state index is 10.9. The highest BCUT2D eigenvalue weighted by Crippen LogP contribution is 2.28. The molecule has 1 unspecified atom stereocenters. The first-order valence-electron chi connectivity index (χ1n) is 6.78. The third-order valence-electron chi connectivity index (χ3n) is 2.66. The van der Waals surface area contributed by atoms with Gasteiger partial charge in [0.25, 0.3) is 0 Å². The van der Waals surface area contributed by atoms with Gasteiger partial charge in [0.1, 0.15) is 0 Å². The summed E-state index contributed by atoms with van der Waals surface area (Å²) >= 11 is 0. The van der Waals surface area contributed by atoms with Crippen LogP contribution in [0.2, 0.25) is 0 Å². The van der Waals surface area contributed by atoms with E-state index in [1.807, 2.05) is 57.2 Å². The normalized spacial score (nSPS) is 12.1. The number of carboxylic acid groups (broad SMARTS) is 1. The van der Waals surface area contributed by atoms with Crippen LogP contribution in [0.25, 0.3) is 0 Å². The Labute approximate surface area is 116 Å². The van der Waals surface area contributed by atoms with Gasteiger partial charge in [-0.3, -0.25) is 4.79 Å². The Hall–Kier alpha value is -1.83. The fraction of sp³-hybridized carbons (Fsp3) is 0.353. The van der Waals surface area contributed by atoms with Crippen molar-refractivity contribution >= 4 is 5.97 Å². The van der Waals surface area contributed by atoms with Crippen LogP contribution in [-0.4, -0.2) is 11.1 Å². The zero-order valence-electron chi connectivity index (χ0n) is 12.1. The summed E-state index contributed by atoms with van der Waals surface area (Å²) in [5.74, 6) is -0.895. The molecular weight excluding hydrogens is 236 g/mol. The summed E-state index contributed by atoms with van der Waals surface area (Å²) in [6, 6.07) is 9.70. The number of carbonyl (C=O) groups is 1. The van der Waals surface area contributed by atoms with Gasteiger partial charge in [-0.25, -0.2) is 0 Å². The van der Waals surface area contributed by atoms with Crippen molar-refractivity contribution in [2.45, 2.75) is 39.5 Å². The molecule has 0 fully saturated rings. The molecule has 0 amide bonds. The minimum atomic E-state index is -0.789. The predicted molar refractivity (Wildman–Crippen MR) is 81.4 cm³/mol. The molecule has 0 heterocycles. The van der Waals surface area contributed by atoms with Crippen molar-refractivity contribution in [2.24, 2.45) is 0 Å². The first kappa shape index (κ1) is 17.2. The molecule has 0 aliphatic heterocycles. The van der Waals surface area contributed by atoms with Crippen LogP contribution in [0, 0.1) is 0 Å². The van der Waals surface area contributed by atoms with Crippen LogP contribution in [0.15, 0.2) is 54.6 Å². The Kier molecular flexibility index (Phi) is 9.15. The topological polar surface area (TPSA) is 37.3 Å². The smallest absolute Gasteiger partial charge is 0.304 e. The number of allylic oxidation sites excluding steroid dienone is 3. The van der Waals surface area contributed by atoms with E-state index in [4.69, 9.17) is 5.11 Å². The van der Waals surface area contributed by atoms with Gasteiger partial charge in [-0.2, -0.15) is 0 Å². The van der Waals surface area contributed by atoms with E-state index in [2.05, 4.69) is 6.58 Å². The van der Waals surface area contributed by atoms with Crippen molar-refractivity contribution in [1.29, 1.82) is 0 Å². The van der Waals surface area contributed by atoms with Crippen molar-refractivity contribution in [3.05, 3.63) is 60.2 Å². The Morgan fingerprint density at radius 3 is 2.32 bits per heavy atom. The molecule has 2 heteroatoms. The fourth-order valence-corrected chi connectivity index (χ4v) is 1.89. The molecule has 0 aromatic heterocycles. The number of aliphatic carboxylic acids is 1. The van der Waals surface area contributed by atoms with Crippen LogP contribution in [0.1, 0.15) is 45.1 Å². The van der Waals surface area contributed by atoms with Crippen molar-refractivity contribution in [1.82, 2.24) is 0 Å². The third kappa shape index (κ3) is 6.05. The number of hydrogen-bond acceptors (Lipinski definition) is 1. The van der Waals surface area contributed by atoms with Crippen LogP contribution < -0.4 is 0 Å². The third-order valence-corrected chi connectivity index (χ3v) is 2.66. The summed E-state index contributed by atoms with van der Waals surface area (Å²) in [5.41, 5.74) is 2.01. The van der Waals surface area contributed by atoms with Crippen LogP contribution in [0.4, 0.5) is 0 Å². The lowest BCUT2D eigenvalue weighted by atomic mass is 9.87. The van der Waals surface area contributed by atoms with Crippen LogP contribution >= 0.6 is 0 Å². The second-order valence-electron chi connectivity index (χ2n) is 3.88. The van der Waals surface area contributed by atoms with Gasteiger partial charge in [0.15, 0.2) is 0 Å². The van der Waals surface area contributed by atoms with E-state index in [-0.39, 0.29) is 12.3 Å². The summed E-state index contributed by atoms with van der Waals surface area (Å²) in [5, 5.41) is 9.00.